The second kappa shape index (κ2) is 8.38. The van der Waals surface area contributed by atoms with Gasteiger partial charge in [-0.2, -0.15) is 0 Å². The molecule has 2 aromatic carbocycles. The van der Waals surface area contributed by atoms with Crippen LogP contribution in [0.4, 0.5) is 0 Å². The SMILES string of the molecule is COc1ccc(OC(=O)/C=C\C(=O)Oc2ccc(OC)cc2)cc1. The van der Waals surface area contributed by atoms with E-state index in [1.54, 1.807) is 48.5 Å². The minimum Gasteiger partial charge on any atom is -0.497 e. The maximum Gasteiger partial charge on any atom is 0.336 e. The van der Waals surface area contributed by atoms with E-state index in [1.807, 2.05) is 0 Å². The van der Waals surface area contributed by atoms with Crippen LogP contribution in [0.1, 0.15) is 0 Å². The largest absolute Gasteiger partial charge is 0.497 e. The predicted molar refractivity (Wildman–Crippen MR) is 86.4 cm³/mol. The molecular weight excluding hydrogens is 312 g/mol. The topological polar surface area (TPSA) is 71.1 Å². The number of rotatable bonds is 6. The highest BCUT2D eigenvalue weighted by atomic mass is 16.5. The number of carbonyl (C=O) groups excluding carboxylic acids is 2. The first-order valence-electron chi connectivity index (χ1n) is 7.00. The third kappa shape index (κ3) is 5.17. The summed E-state index contributed by atoms with van der Waals surface area (Å²) in [4.78, 5) is 23.3. The molecule has 0 aliphatic heterocycles. The lowest BCUT2D eigenvalue weighted by Crippen LogP contribution is -2.08. The standard InChI is InChI=1S/C18H16O6/c1-21-13-3-7-15(8-4-13)23-17(19)11-12-18(20)24-16-9-5-14(22-2)6-10-16/h3-12H,1-2H3/b12-11-. The first kappa shape index (κ1) is 17.1. The van der Waals surface area contributed by atoms with Gasteiger partial charge in [0.2, 0.25) is 0 Å². The molecule has 124 valence electrons. The Morgan fingerprint density at radius 1 is 0.625 bits per heavy atom. The summed E-state index contributed by atoms with van der Waals surface area (Å²) >= 11 is 0. The number of hydrogen-bond donors (Lipinski definition) is 0. The van der Waals surface area contributed by atoms with Crippen LogP contribution in [0.25, 0.3) is 0 Å². The molecule has 0 N–H and O–H groups in total. The van der Waals surface area contributed by atoms with Crippen LogP contribution >= 0.6 is 0 Å². The quantitative estimate of drug-likeness (QED) is 0.461. The van der Waals surface area contributed by atoms with E-state index < -0.39 is 11.9 Å². The lowest BCUT2D eigenvalue weighted by atomic mass is 10.3. The average molecular weight is 328 g/mol. The molecule has 0 spiro atoms. The highest BCUT2D eigenvalue weighted by Gasteiger charge is 2.05. The molecule has 6 heteroatoms. The van der Waals surface area contributed by atoms with Gasteiger partial charge in [0, 0.05) is 12.2 Å². The van der Waals surface area contributed by atoms with Crippen LogP contribution in [0.3, 0.4) is 0 Å². The van der Waals surface area contributed by atoms with Crippen molar-refractivity contribution in [1.29, 1.82) is 0 Å². The molecular formula is C18H16O6. The van der Waals surface area contributed by atoms with Crippen LogP contribution in [0.15, 0.2) is 60.7 Å². The van der Waals surface area contributed by atoms with Gasteiger partial charge >= 0.3 is 11.9 Å². The lowest BCUT2D eigenvalue weighted by molar-refractivity contribution is -0.131. The van der Waals surface area contributed by atoms with Gasteiger partial charge in [-0.1, -0.05) is 0 Å². The van der Waals surface area contributed by atoms with Gasteiger partial charge in [0.1, 0.15) is 23.0 Å². The molecule has 0 aliphatic rings. The van der Waals surface area contributed by atoms with Crippen molar-refractivity contribution in [1.82, 2.24) is 0 Å². The number of ether oxygens (including phenoxy) is 4. The van der Waals surface area contributed by atoms with Crippen LogP contribution in [-0.4, -0.2) is 26.2 Å². The Morgan fingerprint density at radius 3 is 1.21 bits per heavy atom. The molecule has 0 atom stereocenters. The minimum absolute atomic E-state index is 0.342. The summed E-state index contributed by atoms with van der Waals surface area (Å²) in [6.45, 7) is 0. The van der Waals surface area contributed by atoms with Gasteiger partial charge in [0.25, 0.3) is 0 Å². The number of benzene rings is 2. The molecule has 0 heterocycles. The molecule has 24 heavy (non-hydrogen) atoms. The molecule has 0 amide bonds. The Kier molecular flexibility index (Phi) is 5.96. The molecule has 0 bridgehead atoms. The monoisotopic (exact) mass is 328 g/mol. The Balaban J connectivity index is 1.86. The summed E-state index contributed by atoms with van der Waals surface area (Å²) in [7, 11) is 3.08. The molecule has 0 aromatic heterocycles. The zero-order valence-electron chi connectivity index (χ0n) is 13.2. The van der Waals surface area contributed by atoms with Crippen LogP contribution < -0.4 is 18.9 Å². The molecule has 0 saturated carbocycles. The van der Waals surface area contributed by atoms with Gasteiger partial charge in [-0.15, -0.1) is 0 Å². The third-order valence-electron chi connectivity index (χ3n) is 2.91. The van der Waals surface area contributed by atoms with Gasteiger partial charge in [-0.25, -0.2) is 9.59 Å². The number of methoxy groups -OCH3 is 2. The Bertz CT molecular complexity index is 653. The molecule has 0 radical (unpaired) electrons. The summed E-state index contributed by atoms with van der Waals surface area (Å²) in [5.41, 5.74) is 0. The fourth-order valence-corrected chi connectivity index (χ4v) is 1.72. The molecule has 0 fully saturated rings. The Morgan fingerprint density at radius 2 is 0.917 bits per heavy atom. The van der Waals surface area contributed by atoms with E-state index in [0.29, 0.717) is 23.0 Å². The van der Waals surface area contributed by atoms with Crippen molar-refractivity contribution < 1.29 is 28.5 Å². The average Bonchev–Trinajstić information content (AvgIpc) is 2.61. The van der Waals surface area contributed by atoms with Crippen LogP contribution in [0, 0.1) is 0 Å². The minimum atomic E-state index is -0.688. The summed E-state index contributed by atoms with van der Waals surface area (Å²) < 4.78 is 20.1. The molecule has 2 aromatic rings. The van der Waals surface area contributed by atoms with E-state index in [9.17, 15) is 9.59 Å². The molecule has 0 unspecified atom stereocenters. The van der Waals surface area contributed by atoms with Gasteiger partial charge < -0.3 is 18.9 Å². The zero-order chi connectivity index (χ0) is 17.4. The number of carbonyl (C=O) groups is 2. The second-order valence-electron chi connectivity index (χ2n) is 4.53. The molecule has 0 aliphatic carbocycles. The van der Waals surface area contributed by atoms with E-state index in [0.717, 1.165) is 12.2 Å². The highest BCUT2D eigenvalue weighted by molar-refractivity contribution is 5.93. The molecule has 2 rings (SSSR count). The summed E-state index contributed by atoms with van der Waals surface area (Å²) in [6.07, 6.45) is 1.99. The third-order valence-corrected chi connectivity index (χ3v) is 2.91. The van der Waals surface area contributed by atoms with Crippen LogP contribution in [0.5, 0.6) is 23.0 Å². The summed E-state index contributed by atoms with van der Waals surface area (Å²) in [5.74, 6) is 0.600. The van der Waals surface area contributed by atoms with E-state index in [4.69, 9.17) is 18.9 Å². The second-order valence-corrected chi connectivity index (χ2v) is 4.53. The van der Waals surface area contributed by atoms with Crippen molar-refractivity contribution in [3.63, 3.8) is 0 Å². The van der Waals surface area contributed by atoms with Crippen molar-refractivity contribution in [2.45, 2.75) is 0 Å². The molecule has 6 nitrogen and oxygen atoms in total. The first-order valence-corrected chi connectivity index (χ1v) is 7.00. The maximum atomic E-state index is 11.6. The van der Waals surface area contributed by atoms with Crippen LogP contribution in [0.2, 0.25) is 0 Å². The Labute approximate surface area is 139 Å². The van der Waals surface area contributed by atoms with E-state index in [-0.39, 0.29) is 0 Å². The van der Waals surface area contributed by atoms with Gasteiger partial charge in [0.05, 0.1) is 14.2 Å². The van der Waals surface area contributed by atoms with E-state index >= 15 is 0 Å². The lowest BCUT2D eigenvalue weighted by Gasteiger charge is -2.04. The summed E-state index contributed by atoms with van der Waals surface area (Å²) in [6, 6.07) is 13.0. The Hall–Kier alpha value is -3.28. The van der Waals surface area contributed by atoms with Crippen LogP contribution in [-0.2, 0) is 9.59 Å². The predicted octanol–water partition coefficient (Wildman–Crippen LogP) is 2.77. The number of hydrogen-bond acceptors (Lipinski definition) is 6. The fourth-order valence-electron chi connectivity index (χ4n) is 1.72. The summed E-state index contributed by atoms with van der Waals surface area (Å²) in [5, 5.41) is 0. The van der Waals surface area contributed by atoms with Crippen molar-refractivity contribution >= 4 is 11.9 Å². The van der Waals surface area contributed by atoms with Crippen molar-refractivity contribution in [3.8, 4) is 23.0 Å². The fraction of sp³-hybridized carbons (Fsp3) is 0.111. The normalized spacial score (nSPS) is 10.2. The smallest absolute Gasteiger partial charge is 0.336 e. The number of esters is 2. The highest BCUT2D eigenvalue weighted by Crippen LogP contribution is 2.18. The maximum absolute atomic E-state index is 11.6. The first-order chi connectivity index (χ1) is 11.6. The van der Waals surface area contributed by atoms with Gasteiger partial charge in [-0.05, 0) is 48.5 Å². The van der Waals surface area contributed by atoms with E-state index in [2.05, 4.69) is 0 Å². The molecule has 0 saturated heterocycles. The van der Waals surface area contributed by atoms with Crippen molar-refractivity contribution in [2.24, 2.45) is 0 Å². The van der Waals surface area contributed by atoms with E-state index in [1.165, 1.54) is 14.2 Å². The zero-order valence-corrected chi connectivity index (χ0v) is 13.2. The van der Waals surface area contributed by atoms with Crippen molar-refractivity contribution in [2.75, 3.05) is 14.2 Å². The van der Waals surface area contributed by atoms with Gasteiger partial charge in [0.15, 0.2) is 0 Å². The van der Waals surface area contributed by atoms with Crippen molar-refractivity contribution in [3.05, 3.63) is 60.7 Å². The van der Waals surface area contributed by atoms with Gasteiger partial charge in [-0.3, -0.25) is 0 Å².